The second kappa shape index (κ2) is 4.34. The summed E-state index contributed by atoms with van der Waals surface area (Å²) in [6, 6.07) is 5.82. The highest BCUT2D eigenvalue weighted by Crippen LogP contribution is 2.30. The fourth-order valence-corrected chi connectivity index (χ4v) is 2.03. The highest BCUT2D eigenvalue weighted by molar-refractivity contribution is 5.88. The van der Waals surface area contributed by atoms with Crippen molar-refractivity contribution in [3.63, 3.8) is 0 Å². The Morgan fingerprint density at radius 2 is 1.94 bits per heavy atom. The number of aryl methyl sites for hydroxylation is 2. The molecule has 3 heteroatoms. The van der Waals surface area contributed by atoms with Gasteiger partial charge in [0.15, 0.2) is 0 Å². The number of benzene rings is 1. The number of methoxy groups -OCH3 is 1. The number of aliphatic hydroxyl groups excluding tert-OH is 1. The first-order valence-corrected chi connectivity index (χ1v) is 5.67. The largest absolute Gasteiger partial charge is 0.496 e. The van der Waals surface area contributed by atoms with Gasteiger partial charge >= 0.3 is 0 Å². The van der Waals surface area contributed by atoms with Gasteiger partial charge < -0.3 is 9.84 Å². The SMILES string of the molecule is COc1cc(C)nc2c(C)cc(C(C)O)cc12. The number of fused-ring (bicyclic) bond motifs is 1. The van der Waals surface area contributed by atoms with Crippen LogP contribution in [0.1, 0.15) is 29.8 Å². The Balaban J connectivity index is 2.81. The van der Waals surface area contributed by atoms with Gasteiger partial charge in [0.2, 0.25) is 0 Å². The highest BCUT2D eigenvalue weighted by atomic mass is 16.5. The monoisotopic (exact) mass is 231 g/mol. The maximum absolute atomic E-state index is 9.66. The van der Waals surface area contributed by atoms with Gasteiger partial charge in [-0.15, -0.1) is 0 Å². The minimum absolute atomic E-state index is 0.482. The molecular formula is C14H17NO2. The first kappa shape index (κ1) is 11.9. The fourth-order valence-electron chi connectivity index (χ4n) is 2.03. The Hall–Kier alpha value is -1.61. The summed E-state index contributed by atoms with van der Waals surface area (Å²) in [6.45, 7) is 5.71. The molecule has 0 bridgehead atoms. The molecular weight excluding hydrogens is 214 g/mol. The van der Waals surface area contributed by atoms with E-state index in [1.54, 1.807) is 14.0 Å². The summed E-state index contributed by atoms with van der Waals surface area (Å²) in [7, 11) is 1.65. The number of ether oxygens (including phenoxy) is 1. The van der Waals surface area contributed by atoms with E-state index in [1.807, 2.05) is 32.0 Å². The molecule has 0 spiro atoms. The maximum Gasteiger partial charge on any atom is 0.130 e. The van der Waals surface area contributed by atoms with Crippen molar-refractivity contribution in [3.8, 4) is 5.75 Å². The number of pyridine rings is 1. The smallest absolute Gasteiger partial charge is 0.130 e. The lowest BCUT2D eigenvalue weighted by Gasteiger charge is -2.12. The first-order chi connectivity index (χ1) is 8.02. The van der Waals surface area contributed by atoms with Crippen molar-refractivity contribution < 1.29 is 9.84 Å². The molecule has 3 nitrogen and oxygen atoms in total. The summed E-state index contributed by atoms with van der Waals surface area (Å²) in [5, 5.41) is 10.6. The Kier molecular flexibility index (Phi) is 3.03. The van der Waals surface area contributed by atoms with Gasteiger partial charge in [0.25, 0.3) is 0 Å². The van der Waals surface area contributed by atoms with Crippen LogP contribution >= 0.6 is 0 Å². The van der Waals surface area contributed by atoms with Crippen LogP contribution < -0.4 is 4.74 Å². The molecule has 1 aromatic carbocycles. The zero-order valence-electron chi connectivity index (χ0n) is 10.6. The van der Waals surface area contributed by atoms with E-state index in [-0.39, 0.29) is 0 Å². The molecule has 0 aliphatic heterocycles. The Bertz CT molecular complexity index is 562. The molecule has 17 heavy (non-hydrogen) atoms. The van der Waals surface area contributed by atoms with Crippen molar-refractivity contribution in [2.45, 2.75) is 26.9 Å². The third kappa shape index (κ3) is 2.11. The number of hydrogen-bond acceptors (Lipinski definition) is 3. The average Bonchev–Trinajstić information content (AvgIpc) is 2.28. The number of aliphatic hydroxyl groups is 1. The normalized spacial score (nSPS) is 12.8. The van der Waals surface area contributed by atoms with Crippen molar-refractivity contribution in [1.82, 2.24) is 4.98 Å². The van der Waals surface area contributed by atoms with Crippen molar-refractivity contribution in [1.29, 1.82) is 0 Å². The van der Waals surface area contributed by atoms with Crippen LogP contribution in [0.4, 0.5) is 0 Å². The minimum Gasteiger partial charge on any atom is -0.496 e. The number of rotatable bonds is 2. The lowest BCUT2D eigenvalue weighted by Crippen LogP contribution is -1.97. The van der Waals surface area contributed by atoms with E-state index in [4.69, 9.17) is 4.74 Å². The molecule has 1 heterocycles. The number of aromatic nitrogens is 1. The van der Waals surface area contributed by atoms with Crippen molar-refractivity contribution in [2.75, 3.05) is 7.11 Å². The summed E-state index contributed by atoms with van der Waals surface area (Å²) in [5.74, 6) is 0.804. The molecule has 0 fully saturated rings. The van der Waals surface area contributed by atoms with Gasteiger partial charge in [-0.2, -0.15) is 0 Å². The zero-order chi connectivity index (χ0) is 12.6. The molecule has 1 unspecified atom stereocenters. The second-order valence-corrected chi connectivity index (χ2v) is 4.38. The molecule has 90 valence electrons. The molecule has 1 aromatic heterocycles. The van der Waals surface area contributed by atoms with E-state index in [1.165, 1.54) is 0 Å². The van der Waals surface area contributed by atoms with Gasteiger partial charge in [0.1, 0.15) is 5.75 Å². The number of hydrogen-bond donors (Lipinski definition) is 1. The number of nitrogens with zero attached hydrogens (tertiary/aromatic N) is 1. The molecule has 0 aliphatic carbocycles. The van der Waals surface area contributed by atoms with E-state index in [2.05, 4.69) is 4.98 Å². The van der Waals surface area contributed by atoms with Crippen molar-refractivity contribution >= 4 is 10.9 Å². The van der Waals surface area contributed by atoms with Crippen LogP contribution in [0, 0.1) is 13.8 Å². The lowest BCUT2D eigenvalue weighted by atomic mass is 10.0. The van der Waals surface area contributed by atoms with Gasteiger partial charge in [-0.05, 0) is 38.0 Å². The second-order valence-electron chi connectivity index (χ2n) is 4.38. The van der Waals surface area contributed by atoms with Gasteiger partial charge in [-0.25, -0.2) is 0 Å². The molecule has 2 rings (SSSR count). The molecule has 0 saturated heterocycles. The van der Waals surface area contributed by atoms with Gasteiger partial charge in [-0.3, -0.25) is 4.98 Å². The average molecular weight is 231 g/mol. The van der Waals surface area contributed by atoms with E-state index in [0.29, 0.717) is 0 Å². The fraction of sp³-hybridized carbons (Fsp3) is 0.357. The van der Waals surface area contributed by atoms with E-state index in [0.717, 1.165) is 33.5 Å². The van der Waals surface area contributed by atoms with Gasteiger partial charge in [-0.1, -0.05) is 6.07 Å². The topological polar surface area (TPSA) is 42.4 Å². The summed E-state index contributed by atoms with van der Waals surface area (Å²) in [6.07, 6.45) is -0.482. The van der Waals surface area contributed by atoms with Crippen LogP contribution in [0.25, 0.3) is 10.9 Å². The van der Waals surface area contributed by atoms with E-state index < -0.39 is 6.10 Å². The summed E-state index contributed by atoms with van der Waals surface area (Å²) < 4.78 is 5.38. The van der Waals surface area contributed by atoms with Crippen molar-refractivity contribution in [2.24, 2.45) is 0 Å². The summed E-state index contributed by atoms with van der Waals surface area (Å²) in [5.41, 5.74) is 3.81. The highest BCUT2D eigenvalue weighted by Gasteiger charge is 2.10. The van der Waals surface area contributed by atoms with Crippen LogP contribution in [0.15, 0.2) is 18.2 Å². The molecule has 2 aromatic rings. The standard InChI is InChI=1S/C14H17NO2/c1-8-5-11(10(3)16)7-12-13(17-4)6-9(2)15-14(8)12/h5-7,10,16H,1-4H3. The molecule has 0 aliphatic rings. The van der Waals surface area contributed by atoms with Crippen LogP contribution in [-0.2, 0) is 0 Å². The van der Waals surface area contributed by atoms with Crippen LogP contribution in [0.3, 0.4) is 0 Å². The summed E-state index contributed by atoms with van der Waals surface area (Å²) >= 11 is 0. The molecule has 1 atom stereocenters. The predicted molar refractivity (Wildman–Crippen MR) is 68.4 cm³/mol. The van der Waals surface area contributed by atoms with Crippen LogP contribution in [-0.4, -0.2) is 17.2 Å². The Morgan fingerprint density at radius 1 is 1.24 bits per heavy atom. The Morgan fingerprint density at radius 3 is 2.53 bits per heavy atom. The van der Waals surface area contributed by atoms with Crippen LogP contribution in [0.5, 0.6) is 5.75 Å². The molecule has 0 amide bonds. The predicted octanol–water partition coefficient (Wildman–Crippen LogP) is 2.91. The van der Waals surface area contributed by atoms with E-state index >= 15 is 0 Å². The summed E-state index contributed by atoms with van der Waals surface area (Å²) in [4.78, 5) is 4.52. The minimum atomic E-state index is -0.482. The molecule has 0 saturated carbocycles. The lowest BCUT2D eigenvalue weighted by molar-refractivity contribution is 0.199. The molecule has 0 radical (unpaired) electrons. The van der Waals surface area contributed by atoms with Gasteiger partial charge in [0, 0.05) is 17.1 Å². The third-order valence-electron chi connectivity index (χ3n) is 2.92. The quantitative estimate of drug-likeness (QED) is 0.864. The first-order valence-electron chi connectivity index (χ1n) is 5.67. The molecule has 1 N–H and O–H groups in total. The van der Waals surface area contributed by atoms with Crippen molar-refractivity contribution in [3.05, 3.63) is 35.0 Å². The maximum atomic E-state index is 9.66. The van der Waals surface area contributed by atoms with Gasteiger partial charge in [0.05, 0.1) is 18.7 Å². The van der Waals surface area contributed by atoms with Crippen LogP contribution in [0.2, 0.25) is 0 Å². The zero-order valence-corrected chi connectivity index (χ0v) is 10.6. The Labute approximate surface area is 101 Å². The van der Waals surface area contributed by atoms with E-state index in [9.17, 15) is 5.11 Å². The third-order valence-corrected chi connectivity index (χ3v) is 2.92.